The molecule has 0 atom stereocenters. The Hall–Kier alpha value is -2.61. The Labute approximate surface area is 169 Å². The van der Waals surface area contributed by atoms with Crippen LogP contribution in [-0.4, -0.2) is 9.97 Å². The van der Waals surface area contributed by atoms with Gasteiger partial charge in [-0.15, -0.1) is 0 Å². The molecule has 1 heterocycles. The average Bonchev–Trinajstić information content (AvgIpc) is 2.65. The Kier molecular flexibility index (Phi) is 6.18. The zero-order valence-corrected chi connectivity index (χ0v) is 16.6. The van der Waals surface area contributed by atoms with E-state index in [0.29, 0.717) is 11.4 Å². The van der Waals surface area contributed by atoms with Crippen LogP contribution in [0, 0.1) is 0 Å². The van der Waals surface area contributed by atoms with Gasteiger partial charge in [-0.1, -0.05) is 41.4 Å². The van der Waals surface area contributed by atoms with Crippen molar-refractivity contribution in [3.8, 4) is 0 Å². The summed E-state index contributed by atoms with van der Waals surface area (Å²) >= 11 is 3.30. The van der Waals surface area contributed by atoms with Crippen LogP contribution in [0.25, 0.3) is 0 Å². The highest BCUT2D eigenvalue weighted by molar-refractivity contribution is 9.10. The van der Waals surface area contributed by atoms with Crippen molar-refractivity contribution in [2.45, 2.75) is 25.9 Å². The zero-order valence-electron chi connectivity index (χ0n) is 15.0. The molecule has 28 heavy (non-hydrogen) atoms. The number of benzene rings is 2. The summed E-state index contributed by atoms with van der Waals surface area (Å²) in [6.45, 7) is 2.10. The number of hydrogen-bond donors (Lipinski definition) is 2. The van der Waals surface area contributed by atoms with Crippen LogP contribution in [0.4, 0.5) is 36.3 Å². The summed E-state index contributed by atoms with van der Waals surface area (Å²) in [7, 11) is 0. The first-order valence-electron chi connectivity index (χ1n) is 8.68. The first kappa shape index (κ1) is 20.1. The molecule has 0 fully saturated rings. The third-order valence-corrected chi connectivity index (χ3v) is 4.48. The third kappa shape index (κ3) is 5.22. The van der Waals surface area contributed by atoms with Crippen LogP contribution in [0.1, 0.15) is 24.5 Å². The van der Waals surface area contributed by atoms with E-state index < -0.39 is 11.7 Å². The van der Waals surface area contributed by atoms with E-state index in [1.165, 1.54) is 5.56 Å². The smallest absolute Gasteiger partial charge is 0.340 e. The minimum Gasteiger partial charge on any atom is -0.340 e. The van der Waals surface area contributed by atoms with E-state index in [-0.39, 0.29) is 11.8 Å². The van der Waals surface area contributed by atoms with Gasteiger partial charge in [0.05, 0.1) is 0 Å². The number of nitrogens with zero attached hydrogens (tertiary/aromatic N) is 2. The van der Waals surface area contributed by atoms with Gasteiger partial charge >= 0.3 is 6.18 Å². The van der Waals surface area contributed by atoms with Crippen molar-refractivity contribution in [2.24, 2.45) is 0 Å². The van der Waals surface area contributed by atoms with Crippen molar-refractivity contribution in [3.05, 3.63) is 70.3 Å². The fraction of sp³-hybridized carbons (Fsp3) is 0.200. The van der Waals surface area contributed by atoms with Crippen LogP contribution >= 0.6 is 15.9 Å². The summed E-state index contributed by atoms with van der Waals surface area (Å²) in [5, 5.41) is 5.68. The molecule has 2 aromatic carbocycles. The van der Waals surface area contributed by atoms with E-state index in [0.717, 1.165) is 23.5 Å². The van der Waals surface area contributed by atoms with Gasteiger partial charge in [-0.3, -0.25) is 0 Å². The number of nitrogens with one attached hydrogen (secondary N) is 2. The maximum absolute atomic E-state index is 13.3. The molecule has 2 N–H and O–H groups in total. The Balaban J connectivity index is 1.87. The summed E-state index contributed by atoms with van der Waals surface area (Å²) in [6.07, 6.45) is -1.78. The molecule has 0 unspecified atom stereocenters. The van der Waals surface area contributed by atoms with Gasteiger partial charge in [0.25, 0.3) is 0 Å². The average molecular weight is 451 g/mol. The van der Waals surface area contributed by atoms with E-state index in [1.54, 1.807) is 24.3 Å². The molecular formula is C20H18BrF3N4. The number of hydrogen-bond acceptors (Lipinski definition) is 4. The molecule has 146 valence electrons. The highest BCUT2D eigenvalue weighted by atomic mass is 79.9. The first-order chi connectivity index (χ1) is 13.3. The fourth-order valence-corrected chi connectivity index (χ4v) is 2.85. The molecule has 0 saturated heterocycles. The van der Waals surface area contributed by atoms with Crippen LogP contribution in [0.15, 0.2) is 59.2 Å². The minimum atomic E-state index is -4.57. The van der Waals surface area contributed by atoms with Crippen molar-refractivity contribution in [3.63, 3.8) is 0 Å². The maximum Gasteiger partial charge on any atom is 0.421 e. The summed E-state index contributed by atoms with van der Waals surface area (Å²) < 4.78 is 40.9. The minimum absolute atomic E-state index is 0.0795. The Bertz CT molecular complexity index is 926. The second-order valence-corrected chi connectivity index (χ2v) is 7.07. The van der Waals surface area contributed by atoms with Crippen molar-refractivity contribution >= 4 is 39.1 Å². The molecule has 3 aromatic rings. The van der Waals surface area contributed by atoms with E-state index in [9.17, 15) is 13.2 Å². The lowest BCUT2D eigenvalue weighted by atomic mass is 10.1. The largest absolute Gasteiger partial charge is 0.421 e. The molecule has 3 rings (SSSR count). The van der Waals surface area contributed by atoms with Crippen LogP contribution < -0.4 is 10.6 Å². The van der Waals surface area contributed by atoms with Gasteiger partial charge in [0.1, 0.15) is 11.4 Å². The highest BCUT2D eigenvalue weighted by Gasteiger charge is 2.35. The van der Waals surface area contributed by atoms with Gasteiger partial charge in [-0.2, -0.15) is 18.2 Å². The molecule has 0 aliphatic carbocycles. The molecule has 0 spiro atoms. The highest BCUT2D eigenvalue weighted by Crippen LogP contribution is 2.35. The zero-order chi connectivity index (χ0) is 20.1. The van der Waals surface area contributed by atoms with Crippen LogP contribution in [0.2, 0.25) is 0 Å². The molecule has 8 heteroatoms. The first-order valence-corrected chi connectivity index (χ1v) is 9.47. The molecule has 1 aromatic heterocycles. The van der Waals surface area contributed by atoms with Gasteiger partial charge in [0.2, 0.25) is 5.95 Å². The van der Waals surface area contributed by atoms with Crippen molar-refractivity contribution in [1.29, 1.82) is 0 Å². The number of aromatic nitrogens is 2. The standard InChI is InChI=1S/C20H18BrF3N4/c1-2-3-13-4-8-16(9-5-13)27-19-25-12-17(20(22,23)24)18(28-19)26-15-10-6-14(21)7-11-15/h4-12H,2-3H2,1H3,(H2,25,26,27,28). The predicted octanol–water partition coefficient (Wildman–Crippen LogP) is 6.70. The summed E-state index contributed by atoms with van der Waals surface area (Å²) in [4.78, 5) is 7.87. The summed E-state index contributed by atoms with van der Waals surface area (Å²) in [5.41, 5.74) is 1.45. The lowest BCUT2D eigenvalue weighted by Gasteiger charge is -2.15. The van der Waals surface area contributed by atoms with Crippen LogP contribution in [0.3, 0.4) is 0 Å². The van der Waals surface area contributed by atoms with Crippen molar-refractivity contribution in [2.75, 3.05) is 10.6 Å². The molecule has 0 radical (unpaired) electrons. The van der Waals surface area contributed by atoms with Crippen LogP contribution in [0.5, 0.6) is 0 Å². The van der Waals surface area contributed by atoms with Crippen LogP contribution in [-0.2, 0) is 12.6 Å². The molecule has 0 bridgehead atoms. The molecule has 4 nitrogen and oxygen atoms in total. The Morgan fingerprint density at radius 1 is 0.929 bits per heavy atom. The quantitative estimate of drug-likeness (QED) is 0.438. The van der Waals surface area contributed by atoms with Gasteiger partial charge in [0, 0.05) is 22.0 Å². The van der Waals surface area contributed by atoms with Gasteiger partial charge in [-0.05, 0) is 48.4 Å². The molecule has 0 aliphatic rings. The lowest BCUT2D eigenvalue weighted by Crippen LogP contribution is -2.12. The summed E-state index contributed by atoms with van der Waals surface area (Å²) in [6, 6.07) is 14.4. The molecule has 0 saturated carbocycles. The second kappa shape index (κ2) is 8.60. The number of rotatable bonds is 6. The van der Waals surface area contributed by atoms with E-state index >= 15 is 0 Å². The monoisotopic (exact) mass is 450 g/mol. The number of alkyl halides is 3. The molecule has 0 amide bonds. The van der Waals surface area contributed by atoms with Gasteiger partial charge in [0.15, 0.2) is 0 Å². The topological polar surface area (TPSA) is 49.8 Å². The normalized spacial score (nSPS) is 11.3. The second-order valence-electron chi connectivity index (χ2n) is 6.16. The number of aryl methyl sites for hydroxylation is 1. The number of halogens is 4. The fourth-order valence-electron chi connectivity index (χ4n) is 2.59. The maximum atomic E-state index is 13.3. The van der Waals surface area contributed by atoms with E-state index in [2.05, 4.69) is 43.5 Å². The number of anilines is 4. The van der Waals surface area contributed by atoms with Gasteiger partial charge < -0.3 is 10.6 Å². The van der Waals surface area contributed by atoms with Gasteiger partial charge in [-0.25, -0.2) is 4.98 Å². The SMILES string of the molecule is CCCc1ccc(Nc2ncc(C(F)(F)F)c(Nc3ccc(Br)cc3)n2)cc1. The molecule has 0 aliphatic heterocycles. The summed E-state index contributed by atoms with van der Waals surface area (Å²) in [5.74, 6) is -0.231. The van der Waals surface area contributed by atoms with Crippen molar-refractivity contribution in [1.82, 2.24) is 9.97 Å². The molecular weight excluding hydrogens is 433 g/mol. The predicted molar refractivity (Wildman–Crippen MR) is 108 cm³/mol. The Morgan fingerprint density at radius 3 is 2.14 bits per heavy atom. The third-order valence-electron chi connectivity index (χ3n) is 3.95. The lowest BCUT2D eigenvalue weighted by molar-refractivity contribution is -0.137. The van der Waals surface area contributed by atoms with E-state index in [1.807, 2.05) is 24.3 Å². The van der Waals surface area contributed by atoms with Crippen molar-refractivity contribution < 1.29 is 13.2 Å². The van der Waals surface area contributed by atoms with E-state index in [4.69, 9.17) is 0 Å². The Morgan fingerprint density at radius 2 is 1.54 bits per heavy atom.